The van der Waals surface area contributed by atoms with Crippen LogP contribution < -0.4 is 9.47 Å². The van der Waals surface area contributed by atoms with Crippen molar-refractivity contribution in [3.05, 3.63) is 41.7 Å². The molecule has 0 radical (unpaired) electrons. The molecule has 2 rings (SSSR count). The summed E-state index contributed by atoms with van der Waals surface area (Å²) in [4.78, 5) is 0. The number of hydrogen-bond acceptors (Lipinski definition) is 4. The fraction of sp³-hybridized carbons (Fsp3) is 0.400. The summed E-state index contributed by atoms with van der Waals surface area (Å²) in [6, 6.07) is 7.43. The maximum Gasteiger partial charge on any atom is 0.163 e. The molecule has 5 heteroatoms. The van der Waals surface area contributed by atoms with Crippen LogP contribution in [0.1, 0.15) is 31.2 Å². The second kappa shape index (κ2) is 6.43. The molecule has 0 amide bonds. The molecule has 5 nitrogen and oxygen atoms in total. The summed E-state index contributed by atoms with van der Waals surface area (Å²) < 4.78 is 12.5. The van der Waals surface area contributed by atoms with Crippen LogP contribution >= 0.6 is 0 Å². The van der Waals surface area contributed by atoms with Crippen LogP contribution in [-0.4, -0.2) is 28.6 Å². The number of aliphatic hydroxyl groups is 1. The van der Waals surface area contributed by atoms with Crippen molar-refractivity contribution in [1.29, 1.82) is 0 Å². The quantitative estimate of drug-likeness (QED) is 0.880. The number of nitrogens with zero attached hydrogens (tertiary/aromatic N) is 2. The van der Waals surface area contributed by atoms with E-state index >= 15 is 0 Å². The van der Waals surface area contributed by atoms with Gasteiger partial charge in [-0.15, -0.1) is 0 Å². The first-order valence-electron chi connectivity index (χ1n) is 6.71. The van der Waals surface area contributed by atoms with Crippen molar-refractivity contribution >= 4 is 0 Å². The number of hydrogen-bond donors (Lipinski definition) is 1. The van der Waals surface area contributed by atoms with Crippen LogP contribution in [0.5, 0.6) is 11.5 Å². The van der Waals surface area contributed by atoms with E-state index in [1.165, 1.54) is 0 Å². The van der Waals surface area contributed by atoms with Crippen molar-refractivity contribution in [3.63, 3.8) is 0 Å². The van der Waals surface area contributed by atoms with Crippen molar-refractivity contribution in [2.45, 2.75) is 26.5 Å². The molecule has 0 aliphatic rings. The number of benzene rings is 1. The molecular formula is C15H20N2O3. The van der Waals surface area contributed by atoms with Crippen LogP contribution in [0.3, 0.4) is 0 Å². The highest BCUT2D eigenvalue weighted by atomic mass is 16.5. The van der Waals surface area contributed by atoms with Gasteiger partial charge in [-0.3, -0.25) is 4.68 Å². The summed E-state index contributed by atoms with van der Waals surface area (Å²) in [6.45, 7) is 5.16. The van der Waals surface area contributed by atoms with Gasteiger partial charge in [-0.05, 0) is 31.5 Å². The molecule has 0 bridgehead atoms. The molecule has 1 aromatic heterocycles. The monoisotopic (exact) mass is 276 g/mol. The Balaban J connectivity index is 2.37. The van der Waals surface area contributed by atoms with Gasteiger partial charge in [0, 0.05) is 6.54 Å². The lowest BCUT2D eigenvalue weighted by atomic mass is 10.1. The fourth-order valence-corrected chi connectivity index (χ4v) is 2.16. The van der Waals surface area contributed by atoms with Crippen molar-refractivity contribution in [3.8, 4) is 11.5 Å². The topological polar surface area (TPSA) is 56.5 Å². The largest absolute Gasteiger partial charge is 0.494 e. The van der Waals surface area contributed by atoms with E-state index in [9.17, 15) is 5.11 Å². The minimum absolute atomic E-state index is 0.584. The Morgan fingerprint density at radius 2 is 2.15 bits per heavy atom. The molecular weight excluding hydrogens is 256 g/mol. The molecule has 1 aromatic carbocycles. The lowest BCUT2D eigenvalue weighted by Crippen LogP contribution is -2.10. The van der Waals surface area contributed by atoms with E-state index in [1.807, 2.05) is 38.1 Å². The molecule has 0 saturated carbocycles. The Bertz CT molecular complexity index is 544. The van der Waals surface area contributed by atoms with E-state index in [0.717, 1.165) is 11.3 Å². The molecule has 0 saturated heterocycles. The maximum absolute atomic E-state index is 10.6. The Labute approximate surface area is 118 Å². The van der Waals surface area contributed by atoms with Crippen LogP contribution in [0.15, 0.2) is 30.5 Å². The summed E-state index contributed by atoms with van der Waals surface area (Å²) >= 11 is 0. The van der Waals surface area contributed by atoms with Crippen molar-refractivity contribution < 1.29 is 14.6 Å². The van der Waals surface area contributed by atoms with E-state index in [4.69, 9.17) is 9.47 Å². The van der Waals surface area contributed by atoms with Gasteiger partial charge < -0.3 is 14.6 Å². The minimum Gasteiger partial charge on any atom is -0.494 e. The van der Waals surface area contributed by atoms with Gasteiger partial charge in [-0.25, -0.2) is 0 Å². The summed E-state index contributed by atoms with van der Waals surface area (Å²) in [5.41, 5.74) is 1.41. The van der Waals surface area contributed by atoms with Crippen LogP contribution in [0.2, 0.25) is 0 Å². The second-order valence-electron chi connectivity index (χ2n) is 4.32. The fourth-order valence-electron chi connectivity index (χ4n) is 2.16. The first-order valence-corrected chi connectivity index (χ1v) is 6.71. The van der Waals surface area contributed by atoms with E-state index in [2.05, 4.69) is 5.10 Å². The lowest BCUT2D eigenvalue weighted by molar-refractivity contribution is 0.202. The molecule has 0 fully saturated rings. The molecule has 0 aliphatic carbocycles. The van der Waals surface area contributed by atoms with Crippen molar-refractivity contribution in [1.82, 2.24) is 9.78 Å². The Morgan fingerprint density at radius 1 is 1.35 bits per heavy atom. The summed E-state index contributed by atoms with van der Waals surface area (Å²) in [6.07, 6.45) is 0.821. The van der Waals surface area contributed by atoms with Gasteiger partial charge >= 0.3 is 0 Å². The molecule has 108 valence electrons. The molecule has 2 aromatic rings. The highest BCUT2D eigenvalue weighted by Crippen LogP contribution is 2.31. The first kappa shape index (κ1) is 14.4. The van der Waals surface area contributed by atoms with Crippen LogP contribution in [0.4, 0.5) is 0 Å². The minimum atomic E-state index is -0.798. The van der Waals surface area contributed by atoms with E-state index in [0.29, 0.717) is 24.6 Å². The zero-order chi connectivity index (χ0) is 14.5. The highest BCUT2D eigenvalue weighted by molar-refractivity contribution is 5.38. The normalized spacial score (nSPS) is 12.2. The van der Waals surface area contributed by atoms with Crippen LogP contribution in [0.25, 0.3) is 0 Å². The van der Waals surface area contributed by atoms with E-state index < -0.39 is 6.10 Å². The van der Waals surface area contributed by atoms with Gasteiger partial charge in [0.15, 0.2) is 5.75 Å². The number of rotatable bonds is 6. The molecule has 20 heavy (non-hydrogen) atoms. The highest BCUT2D eigenvalue weighted by Gasteiger charge is 2.21. The lowest BCUT2D eigenvalue weighted by Gasteiger charge is -2.15. The first-order chi connectivity index (χ1) is 9.71. The predicted octanol–water partition coefficient (Wildman–Crippen LogP) is 2.39. The van der Waals surface area contributed by atoms with E-state index in [1.54, 1.807) is 18.0 Å². The smallest absolute Gasteiger partial charge is 0.163 e. The van der Waals surface area contributed by atoms with E-state index in [-0.39, 0.29) is 0 Å². The van der Waals surface area contributed by atoms with Crippen molar-refractivity contribution in [2.75, 3.05) is 13.7 Å². The average molecular weight is 276 g/mol. The second-order valence-corrected chi connectivity index (χ2v) is 4.32. The van der Waals surface area contributed by atoms with Gasteiger partial charge in [-0.2, -0.15) is 5.10 Å². The molecule has 0 aliphatic heterocycles. The van der Waals surface area contributed by atoms with Gasteiger partial charge in [0.05, 0.1) is 19.9 Å². The zero-order valence-corrected chi connectivity index (χ0v) is 12.0. The molecule has 0 spiro atoms. The zero-order valence-electron chi connectivity index (χ0n) is 12.0. The third-order valence-corrected chi connectivity index (χ3v) is 3.11. The summed E-state index contributed by atoms with van der Waals surface area (Å²) in [7, 11) is 1.57. The third kappa shape index (κ3) is 2.77. The number of ether oxygens (including phenoxy) is 2. The van der Waals surface area contributed by atoms with Gasteiger partial charge in [-0.1, -0.05) is 12.1 Å². The number of aryl methyl sites for hydroxylation is 1. The SMILES string of the molecule is CCOc1cccc(C(O)c2c(OC)cnn2CC)c1. The van der Waals surface area contributed by atoms with Gasteiger partial charge in [0.1, 0.15) is 17.5 Å². The Kier molecular flexibility index (Phi) is 4.63. The van der Waals surface area contributed by atoms with Gasteiger partial charge in [0.2, 0.25) is 0 Å². The number of aromatic nitrogens is 2. The average Bonchev–Trinajstić information content (AvgIpc) is 2.90. The number of methoxy groups -OCH3 is 1. The predicted molar refractivity (Wildman–Crippen MR) is 76.1 cm³/mol. The third-order valence-electron chi connectivity index (χ3n) is 3.11. The Morgan fingerprint density at radius 3 is 2.80 bits per heavy atom. The molecule has 1 atom stereocenters. The molecule has 1 unspecified atom stereocenters. The van der Waals surface area contributed by atoms with Crippen LogP contribution in [0, 0.1) is 0 Å². The van der Waals surface area contributed by atoms with Crippen molar-refractivity contribution in [2.24, 2.45) is 0 Å². The summed E-state index contributed by atoms with van der Waals surface area (Å²) in [5.74, 6) is 1.33. The number of aliphatic hydroxyl groups excluding tert-OH is 1. The Hall–Kier alpha value is -2.01. The standard InChI is InChI=1S/C15H20N2O3/c1-4-17-14(13(19-3)10-16-17)15(18)11-7-6-8-12(9-11)20-5-2/h6-10,15,18H,4-5H2,1-3H3. The summed E-state index contributed by atoms with van der Waals surface area (Å²) in [5, 5.41) is 14.8. The molecule has 1 N–H and O–H groups in total. The van der Waals surface area contributed by atoms with Gasteiger partial charge in [0.25, 0.3) is 0 Å². The van der Waals surface area contributed by atoms with Crippen LogP contribution in [-0.2, 0) is 6.54 Å². The maximum atomic E-state index is 10.6. The molecule has 1 heterocycles.